The smallest absolute Gasteiger partial charge is 0.299 e. The van der Waals surface area contributed by atoms with Crippen LogP contribution in [0.5, 0.6) is 0 Å². The minimum atomic E-state index is -4.93. The van der Waals surface area contributed by atoms with Crippen LogP contribution in [0.15, 0.2) is 16.9 Å². The first-order chi connectivity index (χ1) is 11.1. The fourth-order valence-corrected chi connectivity index (χ4v) is 2.79. The van der Waals surface area contributed by atoms with Gasteiger partial charge in [0.15, 0.2) is 5.82 Å². The molecule has 128 valence electrons. The lowest BCUT2D eigenvalue weighted by atomic mass is 10.00. The van der Waals surface area contributed by atoms with E-state index < -0.39 is 39.5 Å². The van der Waals surface area contributed by atoms with E-state index in [1.165, 1.54) is 7.05 Å². The molecule has 0 bridgehead atoms. The van der Waals surface area contributed by atoms with Gasteiger partial charge in [-0.25, -0.2) is 4.39 Å². The lowest BCUT2D eigenvalue weighted by Gasteiger charge is -2.11. The molecule has 0 saturated heterocycles. The van der Waals surface area contributed by atoms with E-state index in [2.05, 4.69) is 5.10 Å². The Morgan fingerprint density at radius 3 is 2.50 bits per heavy atom. The lowest BCUT2D eigenvalue weighted by Crippen LogP contribution is -2.20. The molecule has 1 saturated carbocycles. The van der Waals surface area contributed by atoms with Crippen molar-refractivity contribution in [2.24, 2.45) is 7.05 Å². The van der Waals surface area contributed by atoms with Gasteiger partial charge in [-0.1, -0.05) is 11.6 Å². The van der Waals surface area contributed by atoms with Gasteiger partial charge in [0.25, 0.3) is 5.56 Å². The van der Waals surface area contributed by atoms with Gasteiger partial charge in [-0.05, 0) is 25.0 Å². The van der Waals surface area contributed by atoms with Crippen molar-refractivity contribution in [2.45, 2.75) is 24.9 Å². The summed E-state index contributed by atoms with van der Waals surface area (Å²) in [5.74, 6) is -2.61. The largest absolute Gasteiger partial charge is 0.419 e. The van der Waals surface area contributed by atoms with E-state index >= 15 is 0 Å². The van der Waals surface area contributed by atoms with Crippen molar-refractivity contribution in [2.75, 3.05) is 0 Å². The van der Waals surface area contributed by atoms with Crippen LogP contribution >= 0.6 is 11.6 Å². The van der Waals surface area contributed by atoms with Gasteiger partial charge in [0.1, 0.15) is 5.56 Å². The third kappa shape index (κ3) is 2.64. The fraction of sp³-hybridized carbons (Fsp3) is 0.333. The molecule has 0 radical (unpaired) electrons. The number of halogens is 5. The predicted octanol–water partition coefficient (Wildman–Crippen LogP) is 3.63. The summed E-state index contributed by atoms with van der Waals surface area (Å²) in [5.41, 5.74) is -2.46. The van der Waals surface area contributed by atoms with Gasteiger partial charge in [0, 0.05) is 18.5 Å². The summed E-state index contributed by atoms with van der Waals surface area (Å²) in [6.45, 7) is 0. The van der Waals surface area contributed by atoms with Gasteiger partial charge in [-0.15, -0.1) is 0 Å². The van der Waals surface area contributed by atoms with Crippen molar-refractivity contribution in [1.29, 1.82) is 0 Å². The Kier molecular flexibility index (Phi) is 3.82. The minimum Gasteiger partial charge on any atom is -0.299 e. The number of alkyl halides is 3. The molecule has 9 heteroatoms. The molecule has 24 heavy (non-hydrogen) atoms. The van der Waals surface area contributed by atoms with Gasteiger partial charge in [-0.3, -0.25) is 19.4 Å². The van der Waals surface area contributed by atoms with E-state index in [4.69, 9.17) is 11.6 Å². The predicted molar refractivity (Wildman–Crippen MR) is 77.9 cm³/mol. The number of nitrogens with one attached hydrogen (secondary N) is 1. The van der Waals surface area contributed by atoms with Gasteiger partial charge in [-0.2, -0.15) is 13.2 Å². The van der Waals surface area contributed by atoms with E-state index in [0.29, 0.717) is 11.8 Å². The number of H-pyrrole nitrogens is 1. The second-order valence-corrected chi connectivity index (χ2v) is 6.03. The number of hydrogen-bond donors (Lipinski definition) is 1. The van der Waals surface area contributed by atoms with Gasteiger partial charge >= 0.3 is 6.18 Å². The average molecular weight is 363 g/mol. The maximum atomic E-state index is 13.9. The van der Waals surface area contributed by atoms with Crippen LogP contribution in [0.1, 0.15) is 45.9 Å². The number of hydrogen-bond acceptors (Lipinski definition) is 2. The van der Waals surface area contributed by atoms with Crippen LogP contribution < -0.4 is 5.56 Å². The molecule has 1 fully saturated rings. The van der Waals surface area contributed by atoms with E-state index in [1.54, 1.807) is 0 Å². The topological polar surface area (TPSA) is 54.9 Å². The molecular weight excluding hydrogens is 352 g/mol. The van der Waals surface area contributed by atoms with Crippen LogP contribution in [0.3, 0.4) is 0 Å². The quantitative estimate of drug-likeness (QED) is 0.669. The molecule has 0 amide bonds. The van der Waals surface area contributed by atoms with Gasteiger partial charge in [0.2, 0.25) is 5.78 Å². The molecule has 0 spiro atoms. The Labute approximate surface area is 138 Å². The number of aryl methyl sites for hydroxylation is 1. The number of benzene rings is 1. The molecule has 1 heterocycles. The SMILES string of the molecule is Cn1[nH]c(C2CC2)c(C(=O)c2ccc(C(F)(F)F)c(F)c2Cl)c1=O. The van der Waals surface area contributed by atoms with Crippen LogP contribution in [-0.2, 0) is 13.2 Å². The highest BCUT2D eigenvalue weighted by atomic mass is 35.5. The first-order valence-electron chi connectivity index (χ1n) is 7.01. The number of aromatic nitrogens is 2. The highest BCUT2D eigenvalue weighted by Crippen LogP contribution is 2.41. The molecule has 1 aromatic carbocycles. The molecule has 1 aromatic heterocycles. The molecule has 4 nitrogen and oxygen atoms in total. The van der Waals surface area contributed by atoms with E-state index in [9.17, 15) is 27.2 Å². The van der Waals surface area contributed by atoms with Crippen LogP contribution in [-0.4, -0.2) is 15.6 Å². The highest BCUT2D eigenvalue weighted by molar-refractivity contribution is 6.35. The zero-order valence-electron chi connectivity index (χ0n) is 12.3. The summed E-state index contributed by atoms with van der Waals surface area (Å²) in [4.78, 5) is 24.8. The van der Waals surface area contributed by atoms with Crippen molar-refractivity contribution < 1.29 is 22.4 Å². The molecule has 0 unspecified atom stereocenters. The van der Waals surface area contributed by atoms with Crippen molar-refractivity contribution in [3.8, 4) is 0 Å². The average Bonchev–Trinajstić information content (AvgIpc) is 3.27. The van der Waals surface area contributed by atoms with Crippen molar-refractivity contribution in [3.63, 3.8) is 0 Å². The summed E-state index contributed by atoms with van der Waals surface area (Å²) in [6, 6.07) is 1.24. The van der Waals surface area contributed by atoms with Crippen LogP contribution in [0, 0.1) is 5.82 Å². The third-order valence-corrected chi connectivity index (χ3v) is 4.29. The first-order valence-corrected chi connectivity index (χ1v) is 7.39. The third-order valence-electron chi connectivity index (χ3n) is 3.92. The van der Waals surface area contributed by atoms with Crippen molar-refractivity contribution >= 4 is 17.4 Å². The Hall–Kier alpha value is -2.09. The number of aromatic amines is 1. The fourth-order valence-electron chi connectivity index (χ4n) is 2.54. The molecule has 1 aliphatic carbocycles. The van der Waals surface area contributed by atoms with Crippen LogP contribution in [0.2, 0.25) is 5.02 Å². The molecule has 1 aliphatic rings. The molecule has 3 rings (SSSR count). The summed E-state index contributed by atoms with van der Waals surface area (Å²) < 4.78 is 53.1. The maximum Gasteiger partial charge on any atom is 0.419 e. The summed E-state index contributed by atoms with van der Waals surface area (Å²) in [6.07, 6.45) is -3.36. The van der Waals surface area contributed by atoms with Crippen molar-refractivity contribution in [1.82, 2.24) is 9.78 Å². The highest BCUT2D eigenvalue weighted by Gasteiger charge is 2.38. The second-order valence-electron chi connectivity index (χ2n) is 5.65. The standard InChI is InChI=1S/C15H11ClF4N2O2/c1-22-14(24)9(12(21-22)6-2-3-6)13(23)7-4-5-8(15(18,19)20)11(17)10(7)16/h4-6,21H,2-3H2,1H3. The molecule has 2 aromatic rings. The Morgan fingerprint density at radius 2 is 1.96 bits per heavy atom. The van der Waals surface area contributed by atoms with Crippen LogP contribution in [0.4, 0.5) is 17.6 Å². The molecule has 1 N–H and O–H groups in total. The minimum absolute atomic E-state index is 0.0101. The first kappa shape index (κ1) is 16.8. The lowest BCUT2D eigenvalue weighted by molar-refractivity contribution is -0.140. The number of nitrogens with zero attached hydrogens (tertiary/aromatic N) is 1. The van der Waals surface area contributed by atoms with E-state index in [-0.39, 0.29) is 11.5 Å². The molecule has 0 atom stereocenters. The van der Waals surface area contributed by atoms with E-state index in [1.807, 2.05) is 0 Å². The maximum absolute atomic E-state index is 13.9. The number of ketones is 1. The van der Waals surface area contributed by atoms with Crippen molar-refractivity contribution in [3.05, 3.63) is 55.7 Å². The zero-order chi connectivity index (χ0) is 17.8. The summed E-state index contributed by atoms with van der Waals surface area (Å²) in [5, 5.41) is 1.82. The van der Waals surface area contributed by atoms with E-state index in [0.717, 1.165) is 23.6 Å². The molecule has 0 aliphatic heterocycles. The summed E-state index contributed by atoms with van der Waals surface area (Å²) >= 11 is 5.64. The normalized spacial score (nSPS) is 14.9. The Bertz CT molecular complexity index is 894. The molecular formula is C15H11ClF4N2O2. The zero-order valence-corrected chi connectivity index (χ0v) is 13.1. The number of rotatable bonds is 3. The van der Waals surface area contributed by atoms with Crippen LogP contribution in [0.25, 0.3) is 0 Å². The summed E-state index contributed by atoms with van der Waals surface area (Å²) in [7, 11) is 1.42. The van der Waals surface area contributed by atoms with Gasteiger partial charge < -0.3 is 0 Å². The Morgan fingerprint density at radius 1 is 1.33 bits per heavy atom. The monoisotopic (exact) mass is 362 g/mol. The second kappa shape index (κ2) is 5.47. The Balaban J connectivity index is 2.13. The number of carbonyl (C=O) groups excluding carboxylic acids is 1. The number of carbonyl (C=O) groups is 1. The van der Waals surface area contributed by atoms with Gasteiger partial charge in [0.05, 0.1) is 16.3 Å².